The lowest BCUT2D eigenvalue weighted by Gasteiger charge is -2.21. The van der Waals surface area contributed by atoms with Gasteiger partial charge < -0.3 is 10.6 Å². The summed E-state index contributed by atoms with van der Waals surface area (Å²) in [6.45, 7) is 4.94. The van der Waals surface area contributed by atoms with Gasteiger partial charge in [-0.2, -0.15) is 16.3 Å². The van der Waals surface area contributed by atoms with E-state index in [0.717, 1.165) is 24.5 Å². The first kappa shape index (κ1) is 12.8. The summed E-state index contributed by atoms with van der Waals surface area (Å²) in [6, 6.07) is 2.13. The molecule has 0 unspecified atom stereocenters. The van der Waals surface area contributed by atoms with Gasteiger partial charge in [0.15, 0.2) is 0 Å². The Bertz CT molecular complexity index is 522. The number of hydrogen-bond donors (Lipinski definition) is 1. The predicted molar refractivity (Wildman–Crippen MR) is 77.0 cm³/mol. The van der Waals surface area contributed by atoms with Crippen molar-refractivity contribution in [2.45, 2.75) is 26.8 Å². The van der Waals surface area contributed by atoms with Crippen LogP contribution in [0.4, 0.5) is 11.8 Å². The van der Waals surface area contributed by atoms with Gasteiger partial charge in [-0.1, -0.05) is 6.92 Å². The summed E-state index contributed by atoms with van der Waals surface area (Å²) >= 11 is 1.71. The third-order valence-corrected chi connectivity index (χ3v) is 3.66. The van der Waals surface area contributed by atoms with Crippen LogP contribution in [-0.4, -0.2) is 17.0 Å². The Balaban J connectivity index is 2.31. The second kappa shape index (κ2) is 5.35. The molecule has 0 atom stereocenters. The maximum Gasteiger partial charge on any atom is 0.222 e. The molecule has 0 radical (unpaired) electrons. The predicted octanol–water partition coefficient (Wildman–Crippen LogP) is 2.63. The van der Waals surface area contributed by atoms with Crippen molar-refractivity contribution in [1.29, 1.82) is 0 Å². The Hall–Kier alpha value is -1.62. The molecule has 2 heterocycles. The van der Waals surface area contributed by atoms with Crippen molar-refractivity contribution in [3.63, 3.8) is 0 Å². The number of thiophene rings is 1. The quantitative estimate of drug-likeness (QED) is 0.920. The van der Waals surface area contributed by atoms with E-state index in [1.54, 1.807) is 11.3 Å². The van der Waals surface area contributed by atoms with E-state index in [1.165, 1.54) is 11.1 Å². The first-order chi connectivity index (χ1) is 8.61. The van der Waals surface area contributed by atoms with Gasteiger partial charge in [0.05, 0.1) is 0 Å². The second-order valence-electron chi connectivity index (χ2n) is 4.31. The zero-order valence-electron chi connectivity index (χ0n) is 11.0. The van der Waals surface area contributed by atoms with Crippen LogP contribution < -0.4 is 10.6 Å². The third kappa shape index (κ3) is 2.61. The Morgan fingerprint density at radius 2 is 2.17 bits per heavy atom. The van der Waals surface area contributed by atoms with E-state index in [1.807, 2.05) is 14.0 Å². The van der Waals surface area contributed by atoms with Gasteiger partial charge in [-0.15, -0.1) is 0 Å². The summed E-state index contributed by atoms with van der Waals surface area (Å²) in [7, 11) is 2.04. The lowest BCUT2D eigenvalue weighted by Crippen LogP contribution is -2.21. The smallest absolute Gasteiger partial charge is 0.222 e. The third-order valence-electron chi connectivity index (χ3n) is 2.92. The SMILES string of the molecule is CCc1c(C)nc(N)nc1N(C)Cc1ccsc1. The van der Waals surface area contributed by atoms with E-state index in [-0.39, 0.29) is 0 Å². The minimum Gasteiger partial charge on any atom is -0.368 e. The first-order valence-corrected chi connectivity index (χ1v) is 6.91. The van der Waals surface area contributed by atoms with Crippen LogP contribution in [0.5, 0.6) is 0 Å². The van der Waals surface area contributed by atoms with Crippen LogP contribution in [-0.2, 0) is 13.0 Å². The Kier molecular flexibility index (Phi) is 3.81. The molecule has 0 amide bonds. The molecule has 0 saturated heterocycles. The zero-order valence-corrected chi connectivity index (χ0v) is 11.8. The van der Waals surface area contributed by atoms with Crippen LogP contribution in [0.25, 0.3) is 0 Å². The summed E-state index contributed by atoms with van der Waals surface area (Å²) < 4.78 is 0. The molecular formula is C13H18N4S. The summed E-state index contributed by atoms with van der Waals surface area (Å²) in [5.41, 5.74) is 9.18. The first-order valence-electron chi connectivity index (χ1n) is 5.97. The van der Waals surface area contributed by atoms with Crippen molar-refractivity contribution < 1.29 is 0 Å². The largest absolute Gasteiger partial charge is 0.368 e. The molecular weight excluding hydrogens is 244 g/mol. The summed E-state index contributed by atoms with van der Waals surface area (Å²) in [5.74, 6) is 1.28. The van der Waals surface area contributed by atoms with Crippen LogP contribution in [0, 0.1) is 6.92 Å². The molecule has 18 heavy (non-hydrogen) atoms. The van der Waals surface area contributed by atoms with Gasteiger partial charge >= 0.3 is 0 Å². The molecule has 96 valence electrons. The maximum absolute atomic E-state index is 5.75. The van der Waals surface area contributed by atoms with Crippen molar-refractivity contribution in [2.24, 2.45) is 0 Å². The van der Waals surface area contributed by atoms with Gasteiger partial charge in [0.2, 0.25) is 5.95 Å². The number of hydrogen-bond acceptors (Lipinski definition) is 5. The number of nitrogens with zero attached hydrogens (tertiary/aromatic N) is 3. The van der Waals surface area contributed by atoms with E-state index in [4.69, 9.17) is 5.73 Å². The molecule has 2 aromatic heterocycles. The highest BCUT2D eigenvalue weighted by Gasteiger charge is 2.13. The van der Waals surface area contributed by atoms with Crippen molar-refractivity contribution in [3.8, 4) is 0 Å². The van der Waals surface area contributed by atoms with E-state index >= 15 is 0 Å². The van der Waals surface area contributed by atoms with Gasteiger partial charge in [0, 0.05) is 24.8 Å². The maximum atomic E-state index is 5.75. The Morgan fingerprint density at radius 3 is 2.78 bits per heavy atom. The molecule has 0 aromatic carbocycles. The Morgan fingerprint density at radius 1 is 1.39 bits per heavy atom. The van der Waals surface area contributed by atoms with Gasteiger partial charge in [-0.3, -0.25) is 0 Å². The normalized spacial score (nSPS) is 10.6. The van der Waals surface area contributed by atoms with E-state index in [2.05, 4.69) is 38.6 Å². The average Bonchev–Trinajstić information content (AvgIpc) is 2.80. The lowest BCUT2D eigenvalue weighted by atomic mass is 10.1. The highest BCUT2D eigenvalue weighted by atomic mass is 32.1. The van der Waals surface area contributed by atoms with E-state index in [9.17, 15) is 0 Å². The van der Waals surface area contributed by atoms with E-state index < -0.39 is 0 Å². The highest BCUT2D eigenvalue weighted by molar-refractivity contribution is 7.07. The molecule has 5 heteroatoms. The van der Waals surface area contributed by atoms with Gasteiger partial charge in [-0.25, -0.2) is 4.98 Å². The topological polar surface area (TPSA) is 55.0 Å². The molecule has 0 saturated carbocycles. The van der Waals surface area contributed by atoms with Crippen LogP contribution in [0.15, 0.2) is 16.8 Å². The fourth-order valence-electron chi connectivity index (χ4n) is 2.06. The van der Waals surface area contributed by atoms with Gasteiger partial charge in [-0.05, 0) is 35.7 Å². The molecule has 2 aromatic rings. The number of aromatic nitrogens is 2. The highest BCUT2D eigenvalue weighted by Crippen LogP contribution is 2.23. The molecule has 0 aliphatic rings. The lowest BCUT2D eigenvalue weighted by molar-refractivity contribution is 0.867. The van der Waals surface area contributed by atoms with Crippen LogP contribution >= 0.6 is 11.3 Å². The molecule has 2 N–H and O–H groups in total. The van der Waals surface area contributed by atoms with Crippen molar-refractivity contribution >= 4 is 23.1 Å². The van der Waals surface area contributed by atoms with Crippen LogP contribution in [0.3, 0.4) is 0 Å². The Labute approximate surface area is 111 Å². The monoisotopic (exact) mass is 262 g/mol. The van der Waals surface area contributed by atoms with E-state index in [0.29, 0.717) is 5.95 Å². The number of nitrogen functional groups attached to an aromatic ring is 1. The summed E-state index contributed by atoms with van der Waals surface area (Å²) in [5, 5.41) is 4.24. The zero-order chi connectivity index (χ0) is 13.1. The summed E-state index contributed by atoms with van der Waals surface area (Å²) in [4.78, 5) is 10.7. The average molecular weight is 262 g/mol. The van der Waals surface area contributed by atoms with Crippen LogP contribution in [0.2, 0.25) is 0 Å². The fourth-order valence-corrected chi connectivity index (χ4v) is 2.72. The molecule has 0 aliphatic carbocycles. The molecule has 0 bridgehead atoms. The van der Waals surface area contributed by atoms with Crippen LogP contribution in [0.1, 0.15) is 23.7 Å². The number of anilines is 2. The molecule has 0 aliphatic heterocycles. The number of nitrogens with two attached hydrogens (primary N) is 1. The number of rotatable bonds is 4. The molecule has 2 rings (SSSR count). The fraction of sp³-hybridized carbons (Fsp3) is 0.385. The van der Waals surface area contributed by atoms with Crippen molar-refractivity contribution in [2.75, 3.05) is 17.7 Å². The summed E-state index contributed by atoms with van der Waals surface area (Å²) in [6.07, 6.45) is 0.912. The number of aryl methyl sites for hydroxylation is 1. The molecule has 4 nitrogen and oxygen atoms in total. The van der Waals surface area contributed by atoms with Gasteiger partial charge in [0.1, 0.15) is 5.82 Å². The molecule has 0 spiro atoms. The minimum atomic E-state index is 0.344. The second-order valence-corrected chi connectivity index (χ2v) is 5.09. The van der Waals surface area contributed by atoms with Crippen molar-refractivity contribution in [3.05, 3.63) is 33.6 Å². The molecule has 0 fully saturated rings. The standard InChI is InChI=1S/C13H18N4S/c1-4-11-9(2)15-13(14)16-12(11)17(3)7-10-5-6-18-8-10/h5-6,8H,4,7H2,1-3H3,(H2,14,15,16). The van der Waals surface area contributed by atoms with Crippen molar-refractivity contribution in [1.82, 2.24) is 9.97 Å². The van der Waals surface area contributed by atoms with Gasteiger partial charge in [0.25, 0.3) is 0 Å². The minimum absolute atomic E-state index is 0.344.